The lowest BCUT2D eigenvalue weighted by molar-refractivity contribution is -0.137. The van der Waals surface area contributed by atoms with Crippen LogP contribution in [-0.4, -0.2) is 80.3 Å². The topological polar surface area (TPSA) is 131 Å². The number of pyridine rings is 1. The van der Waals surface area contributed by atoms with Gasteiger partial charge in [0, 0.05) is 38.0 Å². The van der Waals surface area contributed by atoms with E-state index in [1.54, 1.807) is 0 Å². The lowest BCUT2D eigenvalue weighted by atomic mass is 10.2. The number of halogens is 4. The first kappa shape index (κ1) is 30.7. The van der Waals surface area contributed by atoms with Gasteiger partial charge in [-0.2, -0.15) is 30.6 Å². The first-order valence-electron chi connectivity index (χ1n) is 11.8. The molecule has 1 fully saturated rings. The number of methoxy groups -OCH3 is 1. The molecule has 2 N–H and O–H groups in total. The third kappa shape index (κ3) is 8.83. The number of rotatable bonds is 13. The SMILES string of the molecule is COCCOc1ccc(CN(C(=O)O)S(=O)(=O)NCCN2CCCC2)c(Oc2ncc(C(F)(F)F)cc2Cl)c1. The van der Waals surface area contributed by atoms with Crippen LogP contribution < -0.4 is 14.2 Å². The van der Waals surface area contributed by atoms with E-state index in [1.807, 2.05) is 0 Å². The Labute approximate surface area is 228 Å². The Bertz CT molecular complexity index is 1240. The summed E-state index contributed by atoms with van der Waals surface area (Å²) >= 11 is 5.97. The predicted molar refractivity (Wildman–Crippen MR) is 134 cm³/mol. The molecule has 1 aromatic carbocycles. The molecule has 0 bridgehead atoms. The summed E-state index contributed by atoms with van der Waals surface area (Å²) in [5, 5.41) is 9.22. The van der Waals surface area contributed by atoms with Crippen LogP contribution >= 0.6 is 11.6 Å². The molecule has 0 aliphatic carbocycles. The predicted octanol–water partition coefficient (Wildman–Crippen LogP) is 3.98. The standard InChI is InChI=1S/C23H28ClF3N4O7S/c1-36-10-11-37-18-5-4-16(20(13-18)38-21-19(24)12-17(14-28-21)23(25,26)27)15-31(22(32)33)39(34,35)29-6-9-30-7-2-3-8-30/h4-5,12-14,29H,2-3,6-11,15H2,1H3,(H,32,33). The molecule has 16 heteroatoms. The van der Waals surface area contributed by atoms with Crippen molar-refractivity contribution in [2.45, 2.75) is 25.6 Å². The normalized spacial score (nSPS) is 14.4. The summed E-state index contributed by atoms with van der Waals surface area (Å²) in [5.41, 5.74) is -1.04. The molecule has 0 saturated carbocycles. The number of hydrogen-bond donors (Lipinski definition) is 2. The van der Waals surface area contributed by atoms with Crippen LogP contribution in [0.15, 0.2) is 30.5 Å². The fourth-order valence-corrected chi connectivity index (χ4v) is 4.90. The number of ether oxygens (including phenoxy) is 3. The molecule has 2 heterocycles. The molecule has 2 aromatic rings. The van der Waals surface area contributed by atoms with E-state index in [2.05, 4.69) is 14.6 Å². The first-order chi connectivity index (χ1) is 18.4. The molecular formula is C23H28ClF3N4O7S. The molecule has 11 nitrogen and oxygen atoms in total. The van der Waals surface area contributed by atoms with E-state index in [1.165, 1.54) is 25.3 Å². The average molecular weight is 597 g/mol. The first-order valence-corrected chi connectivity index (χ1v) is 13.6. The van der Waals surface area contributed by atoms with E-state index in [9.17, 15) is 31.5 Å². The highest BCUT2D eigenvalue weighted by molar-refractivity contribution is 7.87. The van der Waals surface area contributed by atoms with E-state index >= 15 is 0 Å². The van der Waals surface area contributed by atoms with Crippen LogP contribution in [0.2, 0.25) is 5.02 Å². The molecule has 1 saturated heterocycles. The summed E-state index contributed by atoms with van der Waals surface area (Å²) in [5.74, 6) is -0.298. The van der Waals surface area contributed by atoms with Crippen molar-refractivity contribution in [3.05, 3.63) is 46.6 Å². The Balaban J connectivity index is 1.86. The van der Waals surface area contributed by atoms with Crippen molar-refractivity contribution in [2.75, 3.05) is 46.5 Å². The number of alkyl halides is 3. The van der Waals surface area contributed by atoms with Crippen molar-refractivity contribution in [2.24, 2.45) is 0 Å². The maximum Gasteiger partial charge on any atom is 0.422 e. The van der Waals surface area contributed by atoms with Gasteiger partial charge in [-0.3, -0.25) is 0 Å². The fourth-order valence-electron chi connectivity index (χ4n) is 3.68. The lowest BCUT2D eigenvalue weighted by Crippen LogP contribution is -2.45. The number of likely N-dealkylation sites (tertiary alicyclic amines) is 1. The van der Waals surface area contributed by atoms with Gasteiger partial charge < -0.3 is 24.2 Å². The summed E-state index contributed by atoms with van der Waals surface area (Å²) in [7, 11) is -3.00. The minimum Gasteiger partial charge on any atom is -0.491 e. The van der Waals surface area contributed by atoms with Crippen molar-refractivity contribution in [3.63, 3.8) is 0 Å². The van der Waals surface area contributed by atoms with Gasteiger partial charge in [-0.1, -0.05) is 11.6 Å². The molecule has 1 aromatic heterocycles. The summed E-state index contributed by atoms with van der Waals surface area (Å²) in [6.07, 6.45) is -3.88. The Morgan fingerprint density at radius 1 is 1.23 bits per heavy atom. The van der Waals surface area contributed by atoms with E-state index < -0.39 is 45.5 Å². The van der Waals surface area contributed by atoms with Crippen molar-refractivity contribution < 1.29 is 45.7 Å². The zero-order valence-electron chi connectivity index (χ0n) is 20.9. The molecular weight excluding hydrogens is 569 g/mol. The van der Waals surface area contributed by atoms with Gasteiger partial charge in [0.25, 0.3) is 0 Å². The maximum atomic E-state index is 13.0. The van der Waals surface area contributed by atoms with Crippen LogP contribution in [-0.2, 0) is 27.7 Å². The van der Waals surface area contributed by atoms with Gasteiger partial charge in [0.05, 0.1) is 18.7 Å². The molecule has 0 atom stereocenters. The Morgan fingerprint density at radius 3 is 2.56 bits per heavy atom. The number of benzene rings is 1. The van der Waals surface area contributed by atoms with Crippen LogP contribution in [0.3, 0.4) is 0 Å². The van der Waals surface area contributed by atoms with E-state index in [4.69, 9.17) is 25.8 Å². The third-order valence-corrected chi connectivity index (χ3v) is 7.37. The quantitative estimate of drug-likeness (QED) is 0.330. The zero-order chi connectivity index (χ0) is 28.6. The molecule has 0 radical (unpaired) electrons. The molecule has 0 spiro atoms. The van der Waals surface area contributed by atoms with Crippen LogP contribution in [0.4, 0.5) is 18.0 Å². The Morgan fingerprint density at radius 2 is 1.95 bits per heavy atom. The highest BCUT2D eigenvalue weighted by Gasteiger charge is 2.32. The molecule has 1 aliphatic heterocycles. The van der Waals surface area contributed by atoms with E-state index in [0.717, 1.165) is 25.9 Å². The van der Waals surface area contributed by atoms with Gasteiger partial charge in [-0.25, -0.2) is 9.78 Å². The molecule has 1 amide bonds. The minimum atomic E-state index is -4.69. The summed E-state index contributed by atoms with van der Waals surface area (Å²) < 4.78 is 83.3. The van der Waals surface area contributed by atoms with Gasteiger partial charge in [0.1, 0.15) is 23.1 Å². The number of nitrogens with one attached hydrogen (secondary N) is 1. The highest BCUT2D eigenvalue weighted by atomic mass is 35.5. The lowest BCUT2D eigenvalue weighted by Gasteiger charge is -2.22. The van der Waals surface area contributed by atoms with Crippen LogP contribution in [0.5, 0.6) is 17.4 Å². The van der Waals surface area contributed by atoms with Crippen molar-refractivity contribution in [1.82, 2.24) is 18.9 Å². The Kier molecular flexibility index (Phi) is 10.6. The molecule has 39 heavy (non-hydrogen) atoms. The number of aromatic nitrogens is 1. The van der Waals surface area contributed by atoms with Crippen LogP contribution in [0.1, 0.15) is 24.0 Å². The molecule has 1 aliphatic rings. The molecule has 216 valence electrons. The van der Waals surface area contributed by atoms with Gasteiger partial charge in [0.15, 0.2) is 0 Å². The van der Waals surface area contributed by atoms with Crippen molar-refractivity contribution >= 4 is 27.9 Å². The number of amides is 1. The second-order valence-corrected chi connectivity index (χ2v) is 10.5. The van der Waals surface area contributed by atoms with E-state index in [0.29, 0.717) is 18.8 Å². The number of carboxylic acid groups (broad SMARTS) is 1. The second kappa shape index (κ2) is 13.5. The molecule has 3 rings (SSSR count). The van der Waals surface area contributed by atoms with E-state index in [-0.39, 0.29) is 41.1 Å². The average Bonchev–Trinajstić information content (AvgIpc) is 3.37. The monoisotopic (exact) mass is 596 g/mol. The van der Waals surface area contributed by atoms with Gasteiger partial charge in [-0.15, -0.1) is 0 Å². The van der Waals surface area contributed by atoms with Crippen molar-refractivity contribution in [1.29, 1.82) is 0 Å². The minimum absolute atomic E-state index is 0.00678. The maximum absolute atomic E-state index is 13.0. The molecule has 0 unspecified atom stereocenters. The second-order valence-electron chi connectivity index (χ2n) is 8.46. The zero-order valence-corrected chi connectivity index (χ0v) is 22.5. The Hall–Kier alpha value is -2.85. The fraction of sp³-hybridized carbons (Fsp3) is 0.478. The van der Waals surface area contributed by atoms with Crippen molar-refractivity contribution in [3.8, 4) is 17.4 Å². The summed E-state index contributed by atoms with van der Waals surface area (Å²) in [6.45, 7) is 1.82. The van der Waals surface area contributed by atoms with Crippen LogP contribution in [0, 0.1) is 0 Å². The number of nitrogens with zero attached hydrogens (tertiary/aromatic N) is 3. The van der Waals surface area contributed by atoms with Gasteiger partial charge >= 0.3 is 22.5 Å². The summed E-state index contributed by atoms with van der Waals surface area (Å²) in [6, 6.07) is 4.76. The number of hydrogen-bond acceptors (Lipinski definition) is 8. The highest BCUT2D eigenvalue weighted by Crippen LogP contribution is 2.36. The van der Waals surface area contributed by atoms with Gasteiger partial charge in [-0.05, 0) is 44.1 Å². The summed E-state index contributed by atoms with van der Waals surface area (Å²) in [4.78, 5) is 17.6. The van der Waals surface area contributed by atoms with Crippen LogP contribution in [0.25, 0.3) is 0 Å². The smallest absolute Gasteiger partial charge is 0.422 e. The number of carbonyl (C=O) groups is 1. The third-order valence-electron chi connectivity index (χ3n) is 5.66. The largest absolute Gasteiger partial charge is 0.491 e. The van der Waals surface area contributed by atoms with Gasteiger partial charge in [0.2, 0.25) is 5.88 Å².